The van der Waals surface area contributed by atoms with E-state index in [-0.39, 0.29) is 32.9 Å². The molecule has 20 heteroatoms. The first-order valence-corrected chi connectivity index (χ1v) is 42.1. The molecule has 2 aromatic heterocycles. The van der Waals surface area contributed by atoms with Gasteiger partial charge in [-0.15, -0.1) is 0 Å². The predicted octanol–water partition coefficient (Wildman–Crippen LogP) is 30.3. The molecular weight excluding hydrogens is 1640 g/mol. The smallest absolute Gasteiger partial charge is 0.323 e. The third kappa shape index (κ3) is 35.7. The number of nitro benzene ring substituents is 2. The van der Waals surface area contributed by atoms with Crippen LogP contribution in [-0.4, -0.2) is 43.9 Å². The average Bonchev–Trinajstić information content (AvgIpc) is 1.62. The molecule has 0 saturated heterocycles. The quantitative estimate of drug-likeness (QED) is 0.0342. The second-order valence-corrected chi connectivity index (χ2v) is 34.2. The van der Waals surface area contributed by atoms with E-state index in [0.717, 1.165) is 58.6 Å². The standard InChI is InChI=1S/C11H16.C10H14N2O2.C10H12N2O.C10H12N2.C10H14O.C9H12BrN.C9H11Br.C9H10ClNO2.C9H12ClN.C9H11Cl/c1-8(2)11-6-5-9(3)10(4)7-11;1-7(2)8-4-5-9(11-3)10(6-8)12(13)14;1-6(2)7-3-4-8-9(5-7)12-10(13)11-8;1-7(2)8-3-4-9-10(5-8)12-6-11-9;1-8(2)9-4-6-10(11-3)7-5-9;1-6(2)7-3-4-9(11)8(10)5-7;1-7(2)8-3-5-9(10)6-4-8;1-6(2)7-3-4-8(10)9(5-7)11(12)13;1-6(2)7-3-4-8(10)9(11)5-7;1-7(2)8-3-5-9(10)6-4-8/h5-8H,1-4H3;4-7,11H,1-3H3;3-6H,1-2H3,(H2,11,12,13);3-7H,1-2H3,(H,11,12);4-8H,1-3H3;3-6H,11H2,1-2H3;3-7H,1-2H3;3-6H,1-2H3;3-6H,11H2,1-2H3;3-7H,1-2H3. The van der Waals surface area contributed by atoms with E-state index in [1.54, 1.807) is 44.8 Å². The van der Waals surface area contributed by atoms with Gasteiger partial charge in [0.05, 0.1) is 56.1 Å². The first kappa shape index (κ1) is 101. The number of nitrogens with two attached hydrogens (primary N) is 2. The van der Waals surface area contributed by atoms with Gasteiger partial charge in [0, 0.05) is 38.8 Å². The number of ether oxygens (including phenoxy) is 1. The number of anilines is 3. The Labute approximate surface area is 722 Å². The number of fused-ring (bicyclic) bond motifs is 2. The van der Waals surface area contributed by atoms with Crippen LogP contribution in [-0.2, 0) is 0 Å². The molecule has 12 aromatic rings. The van der Waals surface area contributed by atoms with Crippen LogP contribution in [0.5, 0.6) is 5.75 Å². The van der Waals surface area contributed by atoms with Gasteiger partial charge < -0.3 is 36.5 Å². The number of halogens is 5. The molecule has 116 heavy (non-hydrogen) atoms. The van der Waals surface area contributed by atoms with E-state index in [1.807, 2.05) is 100 Å². The molecule has 0 aliphatic rings. The summed E-state index contributed by atoms with van der Waals surface area (Å²) in [6.45, 7) is 47.1. The van der Waals surface area contributed by atoms with E-state index in [0.29, 0.717) is 69.7 Å². The van der Waals surface area contributed by atoms with E-state index in [9.17, 15) is 25.0 Å². The number of aromatic amines is 3. The maximum atomic E-state index is 11.0. The Morgan fingerprint density at radius 3 is 1.22 bits per heavy atom. The highest BCUT2D eigenvalue weighted by Crippen LogP contribution is 2.32. The molecule has 0 aliphatic heterocycles. The van der Waals surface area contributed by atoms with Crippen molar-refractivity contribution in [2.24, 2.45) is 0 Å². The van der Waals surface area contributed by atoms with E-state index in [1.165, 1.54) is 61.7 Å². The summed E-state index contributed by atoms with van der Waals surface area (Å²) in [5, 5.41) is 25.7. The number of aromatic nitrogens is 4. The van der Waals surface area contributed by atoms with E-state index >= 15 is 0 Å². The molecule has 0 saturated carbocycles. The molecule has 624 valence electrons. The van der Waals surface area contributed by atoms with Crippen molar-refractivity contribution in [1.82, 2.24) is 19.9 Å². The first-order chi connectivity index (χ1) is 54.5. The zero-order chi connectivity index (χ0) is 87.4. The molecule has 15 nitrogen and oxygen atoms in total. The van der Waals surface area contributed by atoms with Gasteiger partial charge in [-0.1, -0.05) is 280 Å². The van der Waals surface area contributed by atoms with E-state index in [2.05, 4.69) is 279 Å². The zero-order valence-electron chi connectivity index (χ0n) is 72.2. The van der Waals surface area contributed by atoms with Crippen molar-refractivity contribution in [2.75, 3.05) is 30.9 Å². The van der Waals surface area contributed by atoms with Crippen LogP contribution in [0.2, 0.25) is 15.1 Å². The lowest BCUT2D eigenvalue weighted by atomic mass is 9.99. The number of rotatable bonds is 14. The van der Waals surface area contributed by atoms with Gasteiger partial charge in [0.15, 0.2) is 0 Å². The van der Waals surface area contributed by atoms with Crippen LogP contribution in [0.4, 0.5) is 28.4 Å². The number of methoxy groups -OCH3 is 1. The van der Waals surface area contributed by atoms with Crippen LogP contribution in [0.3, 0.4) is 0 Å². The number of nitrogen functional groups attached to an aromatic ring is 2. The third-order valence-electron chi connectivity index (χ3n) is 18.7. The van der Waals surface area contributed by atoms with Crippen LogP contribution >= 0.6 is 66.7 Å². The molecule has 10 aromatic carbocycles. The van der Waals surface area contributed by atoms with Gasteiger partial charge in [0.25, 0.3) is 11.4 Å². The number of benzene rings is 10. The Morgan fingerprint density at radius 2 is 0.776 bits per heavy atom. The Balaban J connectivity index is 0.000000334. The van der Waals surface area contributed by atoms with Gasteiger partial charge in [0.1, 0.15) is 16.5 Å². The van der Waals surface area contributed by atoms with Crippen molar-refractivity contribution >= 4 is 117 Å². The Bertz CT molecular complexity index is 4810. The molecule has 0 spiro atoms. The summed E-state index contributed by atoms with van der Waals surface area (Å²) in [6.07, 6.45) is 1.73. The molecule has 2 heterocycles. The van der Waals surface area contributed by atoms with Crippen molar-refractivity contribution in [3.8, 4) is 5.75 Å². The van der Waals surface area contributed by atoms with Crippen LogP contribution in [0.25, 0.3) is 22.1 Å². The fourth-order valence-corrected chi connectivity index (χ4v) is 11.7. The topological polar surface area (TPSA) is 237 Å². The normalized spacial score (nSPS) is 10.6. The fourth-order valence-electron chi connectivity index (χ4n) is 10.7. The summed E-state index contributed by atoms with van der Waals surface area (Å²) < 4.78 is 7.19. The number of aryl methyl sites for hydroxylation is 2. The lowest BCUT2D eigenvalue weighted by Crippen LogP contribution is -1.99. The summed E-state index contributed by atoms with van der Waals surface area (Å²) >= 11 is 23.9. The highest BCUT2D eigenvalue weighted by Gasteiger charge is 2.16. The maximum Gasteiger partial charge on any atom is 0.323 e. The molecule has 0 amide bonds. The van der Waals surface area contributed by atoms with Crippen molar-refractivity contribution in [1.29, 1.82) is 0 Å². The van der Waals surface area contributed by atoms with Gasteiger partial charge >= 0.3 is 5.69 Å². The summed E-state index contributed by atoms with van der Waals surface area (Å²) in [5.74, 6) is 6.12. The average molecular weight is 1770 g/mol. The van der Waals surface area contributed by atoms with Crippen LogP contribution in [0.1, 0.15) is 264 Å². The number of imidazole rings is 2. The second-order valence-electron chi connectivity index (χ2n) is 31.1. The molecule has 0 fully saturated rings. The van der Waals surface area contributed by atoms with Crippen LogP contribution < -0.4 is 27.2 Å². The highest BCUT2D eigenvalue weighted by molar-refractivity contribution is 9.10. The Morgan fingerprint density at radius 1 is 0.405 bits per heavy atom. The van der Waals surface area contributed by atoms with Crippen molar-refractivity contribution < 1.29 is 14.6 Å². The summed E-state index contributed by atoms with van der Waals surface area (Å²) in [4.78, 5) is 44.1. The molecule has 0 unspecified atom stereocenters. The molecule has 12 rings (SSSR count). The van der Waals surface area contributed by atoms with Gasteiger partial charge in [-0.2, -0.15) is 0 Å². The van der Waals surface area contributed by atoms with Crippen LogP contribution in [0, 0.1) is 34.1 Å². The van der Waals surface area contributed by atoms with Crippen molar-refractivity contribution in [3.05, 3.63) is 328 Å². The number of nitrogens with one attached hydrogen (secondary N) is 4. The highest BCUT2D eigenvalue weighted by atomic mass is 79.9. The van der Waals surface area contributed by atoms with Crippen molar-refractivity contribution in [3.63, 3.8) is 0 Å². The van der Waals surface area contributed by atoms with Gasteiger partial charge in [-0.25, -0.2) is 9.78 Å². The molecule has 0 aliphatic carbocycles. The van der Waals surface area contributed by atoms with Gasteiger partial charge in [0.2, 0.25) is 0 Å². The molecule has 0 bridgehead atoms. The molecular formula is C96H124Br2Cl3N9O6. The zero-order valence-corrected chi connectivity index (χ0v) is 77.7. The maximum absolute atomic E-state index is 11.0. The minimum atomic E-state index is -0.464. The molecule has 0 atom stereocenters. The SMILES string of the molecule is CC(C)c1ccc(Br)cc1.CC(C)c1ccc(Cl)c(N)c1.CC(C)c1ccc(Cl)c([N+](=O)[O-])c1.CC(C)c1ccc(Cl)cc1.CC(C)c1ccc(N)c(Br)c1.CC(C)c1ccc2[nH]c(=O)[nH]c2c1.CC(C)c1ccc2nc[nH]c2c1.CNc1ccc(C(C)C)cc1[N+](=O)[O-].COc1ccc(C(C)C)cc1.Cc1ccc(C(C)C)cc1C. The monoisotopic (exact) mass is 1760 g/mol. The van der Waals surface area contributed by atoms with E-state index < -0.39 is 4.92 Å². The largest absolute Gasteiger partial charge is 0.497 e. The minimum Gasteiger partial charge on any atom is -0.497 e. The van der Waals surface area contributed by atoms with Crippen LogP contribution in [0.15, 0.2) is 220 Å². The molecule has 0 radical (unpaired) electrons. The first-order valence-electron chi connectivity index (χ1n) is 39.4. The lowest BCUT2D eigenvalue weighted by molar-refractivity contribution is -0.384. The van der Waals surface area contributed by atoms with Gasteiger partial charge in [-0.3, -0.25) is 20.2 Å². The number of H-pyrrole nitrogens is 3. The number of hydrogen-bond acceptors (Lipinski definition) is 10. The lowest BCUT2D eigenvalue weighted by Gasteiger charge is -2.07. The molecule has 8 N–H and O–H groups in total. The van der Waals surface area contributed by atoms with Crippen molar-refractivity contribution in [2.45, 2.75) is 212 Å². The number of hydrogen-bond donors (Lipinski definition) is 6. The second kappa shape index (κ2) is 51.1. The predicted molar refractivity (Wildman–Crippen MR) is 506 cm³/mol. The third-order valence-corrected chi connectivity index (χ3v) is 20.9. The summed E-state index contributed by atoms with van der Waals surface area (Å²) in [5.41, 5.74) is 32.5. The Kier molecular flexibility index (Phi) is 44.5. The Hall–Kier alpha value is -9.23. The summed E-state index contributed by atoms with van der Waals surface area (Å²) in [6, 6.07) is 65.6. The minimum absolute atomic E-state index is 0.0205. The summed E-state index contributed by atoms with van der Waals surface area (Å²) in [7, 11) is 3.36. The number of nitrogens with zero attached hydrogens (tertiary/aromatic N) is 3. The number of nitro groups is 2. The van der Waals surface area contributed by atoms with E-state index in [4.69, 9.17) is 51.0 Å². The van der Waals surface area contributed by atoms with Gasteiger partial charge in [-0.05, 0) is 253 Å². The fraction of sp³-hybridized carbons (Fsp3) is 0.354.